The lowest BCUT2D eigenvalue weighted by atomic mass is 9.96. The smallest absolute Gasteiger partial charge is 0.315 e. The van der Waals surface area contributed by atoms with E-state index in [-0.39, 0.29) is 30.6 Å². The molecule has 144 valence electrons. The topological polar surface area (TPSA) is 79.5 Å². The van der Waals surface area contributed by atoms with Gasteiger partial charge in [-0.1, -0.05) is 49.6 Å². The molecular weight excluding hydrogens is 330 g/mol. The fourth-order valence-electron chi connectivity index (χ4n) is 3.09. The Balaban J connectivity index is 1.49. The second-order valence-electron chi connectivity index (χ2n) is 6.79. The van der Waals surface area contributed by atoms with Gasteiger partial charge in [-0.05, 0) is 31.7 Å². The van der Waals surface area contributed by atoms with Crippen molar-refractivity contribution < 1.29 is 14.3 Å². The van der Waals surface area contributed by atoms with Gasteiger partial charge in [-0.2, -0.15) is 0 Å². The van der Waals surface area contributed by atoms with Crippen molar-refractivity contribution in [3.63, 3.8) is 0 Å². The minimum absolute atomic E-state index is 0.000170. The van der Waals surface area contributed by atoms with Crippen LogP contribution >= 0.6 is 0 Å². The number of rotatable bonds is 9. The summed E-state index contributed by atoms with van der Waals surface area (Å²) in [5.41, 5.74) is 1.14. The van der Waals surface area contributed by atoms with Gasteiger partial charge in [0.05, 0.1) is 12.6 Å². The van der Waals surface area contributed by atoms with Crippen molar-refractivity contribution >= 4 is 11.9 Å². The molecule has 3 amide bonds. The highest BCUT2D eigenvalue weighted by molar-refractivity contribution is 5.83. The van der Waals surface area contributed by atoms with Gasteiger partial charge in [0.1, 0.15) is 0 Å². The molecule has 1 aliphatic rings. The first-order chi connectivity index (χ1) is 12.6. The van der Waals surface area contributed by atoms with Crippen LogP contribution in [0.15, 0.2) is 30.3 Å². The monoisotopic (exact) mass is 361 g/mol. The maximum atomic E-state index is 11.8. The molecule has 0 bridgehead atoms. The number of carbonyl (C=O) groups is 2. The summed E-state index contributed by atoms with van der Waals surface area (Å²) in [6, 6.07) is 10.0. The summed E-state index contributed by atoms with van der Waals surface area (Å²) in [7, 11) is 0. The molecule has 1 atom stereocenters. The Labute approximate surface area is 156 Å². The van der Waals surface area contributed by atoms with E-state index >= 15 is 0 Å². The van der Waals surface area contributed by atoms with E-state index in [1.807, 2.05) is 37.3 Å². The Morgan fingerprint density at radius 2 is 1.85 bits per heavy atom. The Morgan fingerprint density at radius 1 is 1.12 bits per heavy atom. The van der Waals surface area contributed by atoms with Gasteiger partial charge in [0.25, 0.3) is 0 Å². The highest BCUT2D eigenvalue weighted by Gasteiger charge is 2.15. The molecule has 1 aliphatic carbocycles. The van der Waals surface area contributed by atoms with Crippen LogP contribution in [0.5, 0.6) is 0 Å². The van der Waals surface area contributed by atoms with Gasteiger partial charge in [-0.25, -0.2) is 4.79 Å². The first kappa shape index (κ1) is 20.2. The molecule has 6 heteroatoms. The molecule has 0 heterocycles. The number of ether oxygens (including phenoxy) is 1. The van der Waals surface area contributed by atoms with Gasteiger partial charge in [-0.15, -0.1) is 0 Å². The number of hydrogen-bond acceptors (Lipinski definition) is 3. The molecule has 1 aromatic rings. The van der Waals surface area contributed by atoms with E-state index in [0.29, 0.717) is 13.2 Å². The predicted octanol–water partition coefficient (Wildman–Crippen LogP) is 2.90. The second-order valence-corrected chi connectivity index (χ2v) is 6.79. The van der Waals surface area contributed by atoms with Crippen LogP contribution < -0.4 is 16.0 Å². The number of hydrogen-bond donors (Lipinski definition) is 3. The number of benzene rings is 1. The summed E-state index contributed by atoms with van der Waals surface area (Å²) < 4.78 is 5.76. The molecule has 2 rings (SSSR count). The average Bonchev–Trinajstić information content (AvgIpc) is 2.67. The molecule has 1 unspecified atom stereocenters. The van der Waals surface area contributed by atoms with E-state index in [1.54, 1.807) is 0 Å². The van der Waals surface area contributed by atoms with Crippen molar-refractivity contribution in [2.24, 2.45) is 0 Å². The summed E-state index contributed by atoms with van der Waals surface area (Å²) in [4.78, 5) is 23.5. The SMILES string of the molecule is CC(OCCCNC(=O)CNC(=O)NC1CCCCC1)c1ccccc1. The van der Waals surface area contributed by atoms with Gasteiger partial charge < -0.3 is 20.7 Å². The fourth-order valence-corrected chi connectivity index (χ4v) is 3.09. The van der Waals surface area contributed by atoms with E-state index in [4.69, 9.17) is 4.74 Å². The van der Waals surface area contributed by atoms with Gasteiger partial charge in [-0.3, -0.25) is 4.79 Å². The lowest BCUT2D eigenvalue weighted by Crippen LogP contribution is -2.46. The normalized spacial score (nSPS) is 15.9. The molecule has 0 saturated heterocycles. The van der Waals surface area contributed by atoms with Crippen molar-refractivity contribution in [2.45, 2.75) is 57.6 Å². The van der Waals surface area contributed by atoms with E-state index in [1.165, 1.54) is 6.42 Å². The second kappa shape index (κ2) is 11.5. The van der Waals surface area contributed by atoms with Crippen LogP contribution in [-0.4, -0.2) is 37.7 Å². The third kappa shape index (κ3) is 7.87. The van der Waals surface area contributed by atoms with Crippen LogP contribution in [0.4, 0.5) is 4.79 Å². The van der Waals surface area contributed by atoms with E-state index in [0.717, 1.165) is 37.7 Å². The predicted molar refractivity (Wildman–Crippen MR) is 102 cm³/mol. The highest BCUT2D eigenvalue weighted by atomic mass is 16.5. The summed E-state index contributed by atoms with van der Waals surface area (Å²) in [5, 5.41) is 8.34. The Kier molecular flexibility index (Phi) is 8.96. The first-order valence-corrected chi connectivity index (χ1v) is 9.63. The summed E-state index contributed by atoms with van der Waals surface area (Å²) >= 11 is 0. The van der Waals surface area contributed by atoms with Crippen LogP contribution in [-0.2, 0) is 9.53 Å². The van der Waals surface area contributed by atoms with Crippen LogP contribution in [0.2, 0.25) is 0 Å². The lowest BCUT2D eigenvalue weighted by molar-refractivity contribution is -0.120. The fraction of sp³-hybridized carbons (Fsp3) is 0.600. The molecule has 26 heavy (non-hydrogen) atoms. The van der Waals surface area contributed by atoms with E-state index in [9.17, 15) is 9.59 Å². The van der Waals surface area contributed by atoms with Crippen LogP contribution in [0, 0.1) is 0 Å². The molecular formula is C20H31N3O3. The van der Waals surface area contributed by atoms with Crippen LogP contribution in [0.3, 0.4) is 0 Å². The summed E-state index contributed by atoms with van der Waals surface area (Å²) in [6.07, 6.45) is 6.40. The van der Waals surface area contributed by atoms with Crippen molar-refractivity contribution in [1.29, 1.82) is 0 Å². The average molecular weight is 361 g/mol. The standard InChI is InChI=1S/C20H31N3O3/c1-16(17-9-4-2-5-10-17)26-14-8-13-21-19(24)15-22-20(25)23-18-11-6-3-7-12-18/h2,4-5,9-10,16,18H,3,6-8,11-15H2,1H3,(H,21,24)(H2,22,23,25). The third-order valence-electron chi connectivity index (χ3n) is 4.63. The Bertz CT molecular complexity index is 544. The molecule has 3 N–H and O–H groups in total. The van der Waals surface area contributed by atoms with Crippen molar-refractivity contribution in [1.82, 2.24) is 16.0 Å². The Hall–Kier alpha value is -2.08. The van der Waals surface area contributed by atoms with Crippen LogP contribution in [0.1, 0.15) is 57.1 Å². The molecule has 0 aromatic heterocycles. The number of amides is 3. The molecule has 1 aromatic carbocycles. The molecule has 6 nitrogen and oxygen atoms in total. The van der Waals surface area contributed by atoms with Crippen LogP contribution in [0.25, 0.3) is 0 Å². The molecule has 0 aliphatic heterocycles. The van der Waals surface area contributed by atoms with Gasteiger partial charge in [0, 0.05) is 19.2 Å². The van der Waals surface area contributed by atoms with Crippen molar-refractivity contribution in [3.05, 3.63) is 35.9 Å². The summed E-state index contributed by atoms with van der Waals surface area (Å²) in [5.74, 6) is -0.181. The van der Waals surface area contributed by atoms with Gasteiger partial charge in [0.15, 0.2) is 0 Å². The summed E-state index contributed by atoms with van der Waals surface area (Å²) in [6.45, 7) is 3.13. The number of nitrogens with one attached hydrogen (secondary N) is 3. The molecule has 1 saturated carbocycles. The maximum absolute atomic E-state index is 11.8. The minimum Gasteiger partial charge on any atom is -0.374 e. The maximum Gasteiger partial charge on any atom is 0.315 e. The zero-order valence-corrected chi connectivity index (χ0v) is 15.6. The van der Waals surface area contributed by atoms with Crippen molar-refractivity contribution in [2.75, 3.05) is 19.7 Å². The largest absolute Gasteiger partial charge is 0.374 e. The quantitative estimate of drug-likeness (QED) is 0.592. The third-order valence-corrected chi connectivity index (χ3v) is 4.63. The molecule has 1 fully saturated rings. The Morgan fingerprint density at radius 3 is 2.58 bits per heavy atom. The molecule has 0 radical (unpaired) electrons. The van der Waals surface area contributed by atoms with Gasteiger partial charge in [0.2, 0.25) is 5.91 Å². The zero-order valence-electron chi connectivity index (χ0n) is 15.6. The minimum atomic E-state index is -0.257. The number of urea groups is 1. The van der Waals surface area contributed by atoms with E-state index in [2.05, 4.69) is 16.0 Å². The highest BCUT2D eigenvalue weighted by Crippen LogP contribution is 2.17. The molecule has 0 spiro atoms. The zero-order chi connectivity index (χ0) is 18.6. The van der Waals surface area contributed by atoms with Crippen molar-refractivity contribution in [3.8, 4) is 0 Å². The lowest BCUT2D eigenvalue weighted by Gasteiger charge is -2.22. The first-order valence-electron chi connectivity index (χ1n) is 9.63. The number of carbonyl (C=O) groups excluding carboxylic acids is 2. The van der Waals surface area contributed by atoms with E-state index < -0.39 is 0 Å². The van der Waals surface area contributed by atoms with Gasteiger partial charge >= 0.3 is 6.03 Å².